The predicted octanol–water partition coefficient (Wildman–Crippen LogP) is 2.68. The molecule has 0 amide bonds. The molecule has 30 heavy (non-hydrogen) atoms. The second-order valence-corrected chi connectivity index (χ2v) is 8.29. The van der Waals surface area contributed by atoms with Crippen molar-refractivity contribution in [3.63, 3.8) is 0 Å². The highest BCUT2D eigenvalue weighted by Crippen LogP contribution is 2.35. The van der Waals surface area contributed by atoms with Crippen LogP contribution in [0.2, 0.25) is 0 Å². The number of morpholine rings is 1. The van der Waals surface area contributed by atoms with E-state index in [0.29, 0.717) is 12.5 Å². The molecule has 2 aromatic rings. The molecule has 5 rings (SSSR count). The Kier molecular flexibility index (Phi) is 5.55. The van der Waals surface area contributed by atoms with Crippen LogP contribution in [-0.4, -0.2) is 69.3 Å². The third kappa shape index (κ3) is 4.13. The minimum Gasteiger partial charge on any atom is -0.477 e. The monoisotopic (exact) mass is 407 g/mol. The zero-order chi connectivity index (χ0) is 20.3. The Hall–Kier alpha value is -2.64. The molecule has 0 bridgehead atoms. The lowest BCUT2D eigenvalue weighted by molar-refractivity contribution is 0.122. The van der Waals surface area contributed by atoms with Crippen LogP contribution in [-0.2, 0) is 11.3 Å². The summed E-state index contributed by atoms with van der Waals surface area (Å²) in [7, 11) is 2.02. The molecule has 3 aliphatic heterocycles. The minimum absolute atomic E-state index is 0.545. The number of hydrogen-bond acceptors (Lipinski definition) is 7. The van der Waals surface area contributed by atoms with E-state index in [2.05, 4.69) is 50.4 Å². The molecule has 4 heterocycles. The van der Waals surface area contributed by atoms with Crippen molar-refractivity contribution in [3.05, 3.63) is 35.9 Å². The first-order valence-corrected chi connectivity index (χ1v) is 10.8. The van der Waals surface area contributed by atoms with Gasteiger partial charge in [-0.15, -0.1) is 0 Å². The van der Waals surface area contributed by atoms with Gasteiger partial charge in [-0.05, 0) is 31.2 Å². The molecule has 1 aromatic heterocycles. The van der Waals surface area contributed by atoms with Crippen LogP contribution in [0.15, 0.2) is 35.3 Å². The fraction of sp³-hybridized carbons (Fsp3) is 0.478. The van der Waals surface area contributed by atoms with E-state index in [-0.39, 0.29) is 0 Å². The van der Waals surface area contributed by atoms with Gasteiger partial charge in [0.15, 0.2) is 0 Å². The smallest absolute Gasteiger partial charge is 0.221 e. The molecule has 1 atom stereocenters. The zero-order valence-corrected chi connectivity index (χ0v) is 17.5. The molecule has 1 N–H and O–H groups in total. The number of ether oxygens (including phenoxy) is 2. The first-order valence-electron chi connectivity index (χ1n) is 10.8. The van der Waals surface area contributed by atoms with E-state index >= 15 is 0 Å². The van der Waals surface area contributed by atoms with Crippen molar-refractivity contribution in [2.75, 3.05) is 57.9 Å². The Morgan fingerprint density at radius 2 is 2.03 bits per heavy atom. The molecule has 2 fully saturated rings. The van der Waals surface area contributed by atoms with Crippen molar-refractivity contribution in [1.82, 2.24) is 15.2 Å². The summed E-state index contributed by atoms with van der Waals surface area (Å²) in [6.45, 7) is 7.00. The van der Waals surface area contributed by atoms with Gasteiger partial charge in [0.05, 0.1) is 49.6 Å². The average Bonchev–Trinajstić information content (AvgIpc) is 3.32. The maximum absolute atomic E-state index is 6.24. The molecule has 0 spiro atoms. The molecule has 3 aliphatic rings. The van der Waals surface area contributed by atoms with Gasteiger partial charge in [-0.3, -0.25) is 0 Å². The summed E-state index contributed by atoms with van der Waals surface area (Å²) in [6.07, 6.45) is 3.03. The van der Waals surface area contributed by atoms with Gasteiger partial charge in [0.2, 0.25) is 5.88 Å². The van der Waals surface area contributed by atoms with E-state index in [1.165, 1.54) is 5.69 Å². The van der Waals surface area contributed by atoms with E-state index in [9.17, 15) is 0 Å². The number of rotatable bonds is 5. The number of nitrogens with one attached hydrogen (secondary N) is 1. The molecule has 0 aliphatic carbocycles. The molecule has 2 saturated heterocycles. The minimum atomic E-state index is 0.545. The van der Waals surface area contributed by atoms with Gasteiger partial charge in [0, 0.05) is 43.9 Å². The number of nitrogens with zero attached hydrogens (tertiary/aromatic N) is 4. The van der Waals surface area contributed by atoms with E-state index in [1.807, 2.05) is 13.4 Å². The third-order valence-electron chi connectivity index (χ3n) is 6.02. The fourth-order valence-electron chi connectivity index (χ4n) is 4.24. The molecule has 158 valence electrons. The Morgan fingerprint density at radius 3 is 2.80 bits per heavy atom. The molecule has 7 nitrogen and oxygen atoms in total. The van der Waals surface area contributed by atoms with Gasteiger partial charge < -0.3 is 24.6 Å². The summed E-state index contributed by atoms with van der Waals surface area (Å²) < 4.78 is 11.7. The first kappa shape index (κ1) is 19.3. The summed E-state index contributed by atoms with van der Waals surface area (Å²) in [5, 5.41) is 3.40. The lowest BCUT2D eigenvalue weighted by atomic mass is 10.1. The maximum atomic E-state index is 6.24. The van der Waals surface area contributed by atoms with Crippen LogP contribution in [0.1, 0.15) is 12.0 Å². The largest absolute Gasteiger partial charge is 0.477 e. The third-order valence-corrected chi connectivity index (χ3v) is 6.02. The van der Waals surface area contributed by atoms with Gasteiger partial charge >= 0.3 is 0 Å². The maximum Gasteiger partial charge on any atom is 0.221 e. The summed E-state index contributed by atoms with van der Waals surface area (Å²) in [6, 6.07) is 10.7. The zero-order valence-electron chi connectivity index (χ0n) is 17.5. The van der Waals surface area contributed by atoms with E-state index in [1.54, 1.807) is 0 Å². The number of aliphatic imine (C=N–C) groups is 1. The molecule has 7 heteroatoms. The van der Waals surface area contributed by atoms with Gasteiger partial charge in [-0.2, -0.15) is 0 Å². The van der Waals surface area contributed by atoms with Crippen molar-refractivity contribution in [2.24, 2.45) is 10.9 Å². The summed E-state index contributed by atoms with van der Waals surface area (Å²) >= 11 is 0. The van der Waals surface area contributed by atoms with Gasteiger partial charge in [-0.1, -0.05) is 12.1 Å². The van der Waals surface area contributed by atoms with Crippen LogP contribution in [0, 0.1) is 5.92 Å². The molecular formula is C23H29N5O2. The van der Waals surface area contributed by atoms with E-state index in [0.717, 1.165) is 80.7 Å². The summed E-state index contributed by atoms with van der Waals surface area (Å²) in [5.74, 6) is 1.26. The van der Waals surface area contributed by atoms with Gasteiger partial charge in [0.1, 0.15) is 0 Å². The Labute approximate surface area is 177 Å². The highest BCUT2D eigenvalue weighted by atomic mass is 16.5. The molecule has 1 unspecified atom stereocenters. The Bertz CT molecular complexity index is 903. The molecular weight excluding hydrogens is 378 g/mol. The number of fused-ring (bicyclic) bond motifs is 1. The number of pyridine rings is 1. The van der Waals surface area contributed by atoms with Crippen LogP contribution in [0.25, 0.3) is 11.3 Å². The Balaban J connectivity index is 1.41. The van der Waals surface area contributed by atoms with Crippen molar-refractivity contribution >= 4 is 17.7 Å². The van der Waals surface area contributed by atoms with Crippen LogP contribution >= 0.6 is 0 Å². The highest BCUT2D eigenvalue weighted by molar-refractivity contribution is 5.73. The number of aromatic nitrogens is 1. The normalized spacial score (nSPS) is 21.0. The average molecular weight is 408 g/mol. The van der Waals surface area contributed by atoms with E-state index in [4.69, 9.17) is 14.5 Å². The first-order chi connectivity index (χ1) is 14.8. The van der Waals surface area contributed by atoms with Crippen molar-refractivity contribution < 1.29 is 9.47 Å². The van der Waals surface area contributed by atoms with Crippen LogP contribution in [0.3, 0.4) is 0 Å². The predicted molar refractivity (Wildman–Crippen MR) is 119 cm³/mol. The van der Waals surface area contributed by atoms with Crippen molar-refractivity contribution in [2.45, 2.75) is 13.0 Å². The number of anilines is 1. The quantitative estimate of drug-likeness (QED) is 0.822. The number of benzene rings is 1. The van der Waals surface area contributed by atoms with Crippen molar-refractivity contribution in [1.29, 1.82) is 0 Å². The van der Waals surface area contributed by atoms with Gasteiger partial charge in [0.25, 0.3) is 0 Å². The molecule has 0 saturated carbocycles. The van der Waals surface area contributed by atoms with Crippen LogP contribution < -0.4 is 15.0 Å². The topological polar surface area (TPSA) is 62.2 Å². The van der Waals surface area contributed by atoms with Crippen LogP contribution in [0.5, 0.6) is 5.88 Å². The lowest BCUT2D eigenvalue weighted by Crippen LogP contribution is -2.36. The summed E-state index contributed by atoms with van der Waals surface area (Å²) in [5.41, 5.74) is 5.24. The second-order valence-electron chi connectivity index (χ2n) is 8.29. The van der Waals surface area contributed by atoms with E-state index < -0.39 is 0 Å². The highest BCUT2D eigenvalue weighted by Gasteiger charge is 2.21. The lowest BCUT2D eigenvalue weighted by Gasteiger charge is -2.29. The summed E-state index contributed by atoms with van der Waals surface area (Å²) in [4.78, 5) is 14.0. The standard InChI is InChI=1S/C23H29N5O2/c1-27-14-20-22(25-16-27)12-21(26-23(20)30-15-17-6-7-24-13-17)18-2-4-19(5-3-18)28-8-10-29-11-9-28/h2-5,12,16-17,24H,6-11,13-15H2,1H3. The number of hydrogen-bond donors (Lipinski definition) is 1. The molecule has 0 radical (unpaired) electrons. The SMILES string of the molecule is CN1C=Nc2cc(-c3ccc(N4CCOCC4)cc3)nc(OCC3CCNC3)c2C1. The molecule has 1 aromatic carbocycles. The second kappa shape index (κ2) is 8.62. The van der Waals surface area contributed by atoms with Crippen LogP contribution in [0.4, 0.5) is 11.4 Å². The van der Waals surface area contributed by atoms with Gasteiger partial charge in [-0.25, -0.2) is 9.98 Å². The fourth-order valence-corrected chi connectivity index (χ4v) is 4.24. The Morgan fingerprint density at radius 1 is 1.20 bits per heavy atom. The van der Waals surface area contributed by atoms with Crippen molar-refractivity contribution in [3.8, 4) is 17.1 Å².